The molecule has 0 saturated carbocycles. The van der Waals surface area contributed by atoms with Gasteiger partial charge in [-0.25, -0.2) is 0 Å². The monoisotopic (exact) mass is 166 g/mol. The van der Waals surface area contributed by atoms with E-state index in [2.05, 4.69) is 6.92 Å². The van der Waals surface area contributed by atoms with Crippen molar-refractivity contribution in [2.45, 2.75) is 20.3 Å². The van der Waals surface area contributed by atoms with Crippen molar-refractivity contribution in [1.29, 1.82) is 0 Å². The highest BCUT2D eigenvalue weighted by atomic mass is 16.5. The lowest BCUT2D eigenvalue weighted by atomic mass is 10.1. The van der Waals surface area contributed by atoms with Gasteiger partial charge >= 0.3 is 0 Å². The van der Waals surface area contributed by atoms with E-state index in [4.69, 9.17) is 4.74 Å². The van der Waals surface area contributed by atoms with Gasteiger partial charge < -0.3 is 9.84 Å². The molecule has 0 heterocycles. The minimum Gasteiger partial charge on any atom is -0.504 e. The van der Waals surface area contributed by atoms with Gasteiger partial charge in [0.25, 0.3) is 0 Å². The first-order chi connectivity index (χ1) is 5.77. The molecule has 0 amide bonds. The molecule has 66 valence electrons. The molecule has 1 N–H and O–H groups in total. The number of aromatic hydroxyl groups is 1. The number of rotatable bonds is 3. The van der Waals surface area contributed by atoms with Gasteiger partial charge in [-0.3, -0.25) is 0 Å². The van der Waals surface area contributed by atoms with E-state index in [1.807, 2.05) is 13.0 Å². The van der Waals surface area contributed by atoms with Crippen LogP contribution in [-0.4, -0.2) is 11.7 Å². The molecule has 1 rings (SSSR count). The van der Waals surface area contributed by atoms with Crippen LogP contribution in [0.3, 0.4) is 0 Å². The van der Waals surface area contributed by atoms with Crippen LogP contribution in [0.1, 0.15) is 19.4 Å². The van der Waals surface area contributed by atoms with Gasteiger partial charge in [0.15, 0.2) is 11.5 Å². The van der Waals surface area contributed by atoms with E-state index >= 15 is 0 Å². The van der Waals surface area contributed by atoms with Crippen LogP contribution in [0.5, 0.6) is 11.5 Å². The topological polar surface area (TPSA) is 29.5 Å². The van der Waals surface area contributed by atoms with Gasteiger partial charge in [-0.1, -0.05) is 13.0 Å². The van der Waals surface area contributed by atoms with Crippen LogP contribution in [0.2, 0.25) is 0 Å². The molecule has 0 radical (unpaired) electrons. The maximum absolute atomic E-state index is 9.43. The summed E-state index contributed by atoms with van der Waals surface area (Å²) < 4.78 is 5.19. The van der Waals surface area contributed by atoms with Crippen molar-refractivity contribution in [3.05, 3.63) is 23.8 Å². The molecular formula is C10H14O2. The number of hydrogen-bond acceptors (Lipinski definition) is 2. The average molecular weight is 166 g/mol. The molecule has 0 aliphatic rings. The van der Waals surface area contributed by atoms with Gasteiger partial charge in [0.1, 0.15) is 0 Å². The minimum atomic E-state index is 0.233. The third-order valence-corrected chi connectivity index (χ3v) is 1.73. The van der Waals surface area contributed by atoms with Crippen LogP contribution in [0.4, 0.5) is 0 Å². The Bertz CT molecular complexity index is 256. The fraction of sp³-hybridized carbons (Fsp3) is 0.400. The molecule has 0 bridgehead atoms. The fourth-order valence-electron chi connectivity index (χ4n) is 1.06. The molecule has 2 heteroatoms. The number of ether oxygens (including phenoxy) is 1. The maximum atomic E-state index is 9.43. The summed E-state index contributed by atoms with van der Waals surface area (Å²) in [7, 11) is 0. The zero-order valence-electron chi connectivity index (χ0n) is 7.50. The Labute approximate surface area is 72.8 Å². The van der Waals surface area contributed by atoms with Crippen LogP contribution in [0, 0.1) is 0 Å². The molecule has 0 aliphatic carbocycles. The Morgan fingerprint density at radius 1 is 1.33 bits per heavy atom. The van der Waals surface area contributed by atoms with Crippen molar-refractivity contribution in [2.75, 3.05) is 6.61 Å². The van der Waals surface area contributed by atoms with E-state index in [1.54, 1.807) is 12.1 Å². The quantitative estimate of drug-likeness (QED) is 0.746. The smallest absolute Gasteiger partial charge is 0.160 e. The number of hydrogen-bond donors (Lipinski definition) is 1. The summed E-state index contributed by atoms with van der Waals surface area (Å²) in [6.07, 6.45) is 0.931. The first-order valence-corrected chi connectivity index (χ1v) is 4.22. The molecule has 0 spiro atoms. The number of phenols is 1. The Morgan fingerprint density at radius 2 is 2.08 bits per heavy atom. The van der Waals surface area contributed by atoms with Gasteiger partial charge in [0.05, 0.1) is 6.61 Å². The standard InChI is InChI=1S/C10H14O2/c1-3-8-5-6-10(12-4-2)9(11)7-8/h5-7,11H,3-4H2,1-2H3. The zero-order chi connectivity index (χ0) is 8.97. The van der Waals surface area contributed by atoms with Gasteiger partial charge in [0.2, 0.25) is 0 Å². The van der Waals surface area contributed by atoms with Crippen molar-refractivity contribution in [2.24, 2.45) is 0 Å². The van der Waals surface area contributed by atoms with E-state index in [0.29, 0.717) is 12.4 Å². The maximum Gasteiger partial charge on any atom is 0.160 e. The van der Waals surface area contributed by atoms with Crippen molar-refractivity contribution < 1.29 is 9.84 Å². The molecule has 0 aromatic heterocycles. The molecule has 1 aromatic carbocycles. The van der Waals surface area contributed by atoms with Crippen molar-refractivity contribution in [1.82, 2.24) is 0 Å². The van der Waals surface area contributed by atoms with Gasteiger partial charge in [-0.05, 0) is 31.0 Å². The lowest BCUT2D eigenvalue weighted by Gasteiger charge is -2.06. The lowest BCUT2D eigenvalue weighted by molar-refractivity contribution is 0.318. The summed E-state index contributed by atoms with van der Waals surface area (Å²) >= 11 is 0. The molecule has 0 atom stereocenters. The van der Waals surface area contributed by atoms with Crippen molar-refractivity contribution in [3.8, 4) is 11.5 Å². The predicted molar refractivity (Wildman–Crippen MR) is 48.7 cm³/mol. The third-order valence-electron chi connectivity index (χ3n) is 1.73. The minimum absolute atomic E-state index is 0.233. The SMILES string of the molecule is CCOc1ccc(CC)cc1O. The van der Waals surface area contributed by atoms with Gasteiger partial charge in [-0.15, -0.1) is 0 Å². The second kappa shape index (κ2) is 4.00. The highest BCUT2D eigenvalue weighted by Gasteiger charge is 2.00. The first kappa shape index (κ1) is 8.91. The van der Waals surface area contributed by atoms with E-state index in [-0.39, 0.29) is 5.75 Å². The van der Waals surface area contributed by atoms with E-state index < -0.39 is 0 Å². The summed E-state index contributed by atoms with van der Waals surface area (Å²) in [5.74, 6) is 0.797. The third kappa shape index (κ3) is 1.91. The average Bonchev–Trinajstić information content (AvgIpc) is 2.09. The van der Waals surface area contributed by atoms with E-state index in [9.17, 15) is 5.11 Å². The highest BCUT2D eigenvalue weighted by molar-refractivity contribution is 5.41. The number of phenolic OH excluding ortho intramolecular Hbond substituents is 1. The second-order valence-corrected chi connectivity index (χ2v) is 2.59. The van der Waals surface area contributed by atoms with Crippen LogP contribution < -0.4 is 4.74 Å². The Balaban J connectivity index is 2.87. The molecule has 0 aliphatic heterocycles. The van der Waals surface area contributed by atoms with Crippen LogP contribution >= 0.6 is 0 Å². The molecule has 2 nitrogen and oxygen atoms in total. The molecule has 1 aromatic rings. The zero-order valence-corrected chi connectivity index (χ0v) is 7.50. The molecule has 0 unspecified atom stereocenters. The van der Waals surface area contributed by atoms with Crippen molar-refractivity contribution >= 4 is 0 Å². The summed E-state index contributed by atoms with van der Waals surface area (Å²) in [6, 6.07) is 5.51. The molecule has 0 fully saturated rings. The fourth-order valence-corrected chi connectivity index (χ4v) is 1.06. The summed E-state index contributed by atoms with van der Waals surface area (Å²) in [5.41, 5.74) is 1.12. The number of benzene rings is 1. The molecule has 0 saturated heterocycles. The Hall–Kier alpha value is -1.18. The Morgan fingerprint density at radius 3 is 2.58 bits per heavy atom. The Kier molecular flexibility index (Phi) is 2.97. The lowest BCUT2D eigenvalue weighted by Crippen LogP contribution is -1.92. The summed E-state index contributed by atoms with van der Waals surface area (Å²) in [6.45, 7) is 4.53. The highest BCUT2D eigenvalue weighted by Crippen LogP contribution is 2.26. The normalized spacial score (nSPS) is 9.83. The van der Waals surface area contributed by atoms with Crippen LogP contribution in [0.25, 0.3) is 0 Å². The van der Waals surface area contributed by atoms with Gasteiger partial charge in [-0.2, -0.15) is 0 Å². The van der Waals surface area contributed by atoms with Crippen LogP contribution in [-0.2, 0) is 6.42 Å². The summed E-state index contributed by atoms with van der Waals surface area (Å²) in [5, 5.41) is 9.43. The van der Waals surface area contributed by atoms with E-state index in [1.165, 1.54) is 0 Å². The number of aryl methyl sites for hydroxylation is 1. The first-order valence-electron chi connectivity index (χ1n) is 4.22. The molecule has 12 heavy (non-hydrogen) atoms. The second-order valence-electron chi connectivity index (χ2n) is 2.59. The van der Waals surface area contributed by atoms with Crippen molar-refractivity contribution in [3.63, 3.8) is 0 Å². The summed E-state index contributed by atoms with van der Waals surface area (Å²) in [4.78, 5) is 0. The van der Waals surface area contributed by atoms with Gasteiger partial charge in [0, 0.05) is 0 Å². The molecular weight excluding hydrogens is 152 g/mol. The van der Waals surface area contributed by atoms with E-state index in [0.717, 1.165) is 12.0 Å². The van der Waals surface area contributed by atoms with Crippen LogP contribution in [0.15, 0.2) is 18.2 Å². The predicted octanol–water partition coefficient (Wildman–Crippen LogP) is 2.35. The largest absolute Gasteiger partial charge is 0.504 e.